The van der Waals surface area contributed by atoms with Gasteiger partial charge in [0, 0.05) is 13.0 Å². The Hall–Kier alpha value is -2.86. The normalized spacial score (nSPS) is 11.6. The van der Waals surface area contributed by atoms with Gasteiger partial charge in [0.2, 0.25) is 11.8 Å². The second-order valence-electron chi connectivity index (χ2n) is 8.29. The maximum atomic E-state index is 12.9. The first-order chi connectivity index (χ1) is 16.1. The van der Waals surface area contributed by atoms with E-state index in [4.69, 9.17) is 10.5 Å². The molecule has 6 heteroatoms. The van der Waals surface area contributed by atoms with Crippen molar-refractivity contribution in [3.8, 4) is 5.75 Å². The predicted molar refractivity (Wildman–Crippen MR) is 133 cm³/mol. The lowest BCUT2D eigenvalue weighted by atomic mass is 10.0. The van der Waals surface area contributed by atoms with Crippen molar-refractivity contribution in [2.45, 2.75) is 70.9 Å². The van der Waals surface area contributed by atoms with Crippen LogP contribution in [-0.4, -0.2) is 24.9 Å². The number of hydrogen-bond acceptors (Lipinski definition) is 4. The molecule has 4 N–H and O–H groups in total. The lowest BCUT2D eigenvalue weighted by Crippen LogP contribution is -2.40. The van der Waals surface area contributed by atoms with Gasteiger partial charge in [-0.25, -0.2) is 0 Å². The molecule has 2 amide bonds. The van der Waals surface area contributed by atoms with Crippen molar-refractivity contribution in [1.29, 1.82) is 0 Å². The van der Waals surface area contributed by atoms with Gasteiger partial charge in [-0.05, 0) is 49.1 Å². The molecule has 0 saturated carbocycles. The first kappa shape index (κ1) is 26.4. The van der Waals surface area contributed by atoms with E-state index in [1.807, 2.05) is 54.6 Å². The van der Waals surface area contributed by atoms with Crippen LogP contribution < -0.4 is 21.1 Å². The number of nitrogens with two attached hydrogens (primary N) is 1. The number of amides is 2. The molecule has 0 aliphatic heterocycles. The van der Waals surface area contributed by atoms with Crippen molar-refractivity contribution >= 4 is 11.8 Å². The molecule has 0 radical (unpaired) electrons. The molecule has 0 unspecified atom stereocenters. The molecule has 2 aromatic carbocycles. The van der Waals surface area contributed by atoms with Crippen molar-refractivity contribution in [1.82, 2.24) is 10.6 Å². The number of nitrogens with one attached hydrogen (secondary N) is 2. The smallest absolute Gasteiger partial charge is 0.247 e. The topological polar surface area (TPSA) is 93.5 Å². The van der Waals surface area contributed by atoms with Crippen molar-refractivity contribution in [2.24, 2.45) is 5.73 Å². The molecule has 0 bridgehead atoms. The Kier molecular flexibility index (Phi) is 12.7. The fourth-order valence-electron chi connectivity index (χ4n) is 3.50. The number of unbranched alkanes of at least 4 members (excludes halogenated alkanes) is 5. The van der Waals surface area contributed by atoms with Crippen LogP contribution in [-0.2, 0) is 16.2 Å². The Bertz CT molecular complexity index is 809. The largest absolute Gasteiger partial charge is 0.489 e. The zero-order valence-corrected chi connectivity index (χ0v) is 19.9. The van der Waals surface area contributed by atoms with E-state index in [2.05, 4.69) is 17.6 Å². The number of hydrogen-bond donors (Lipinski definition) is 3. The van der Waals surface area contributed by atoms with E-state index in [0.29, 0.717) is 26.1 Å². The second kappa shape index (κ2) is 15.9. The van der Waals surface area contributed by atoms with E-state index in [0.717, 1.165) is 61.8 Å². The molecule has 2 rings (SSSR count). The fourth-order valence-corrected chi connectivity index (χ4v) is 3.50. The summed E-state index contributed by atoms with van der Waals surface area (Å²) in [4.78, 5) is 25.4. The van der Waals surface area contributed by atoms with Gasteiger partial charge < -0.3 is 21.1 Å². The summed E-state index contributed by atoms with van der Waals surface area (Å²) < 4.78 is 5.85. The molecule has 33 heavy (non-hydrogen) atoms. The van der Waals surface area contributed by atoms with Gasteiger partial charge in [0.05, 0.1) is 0 Å². The number of carbonyl (C=O) groups excluding carboxylic acids is 2. The molecule has 2 aromatic rings. The maximum absolute atomic E-state index is 12.9. The number of rotatable bonds is 16. The van der Waals surface area contributed by atoms with Crippen LogP contribution in [0.25, 0.3) is 0 Å². The molecule has 0 saturated heterocycles. The molecule has 180 valence electrons. The van der Waals surface area contributed by atoms with Gasteiger partial charge in [-0.1, -0.05) is 75.1 Å². The van der Waals surface area contributed by atoms with Crippen molar-refractivity contribution in [3.63, 3.8) is 0 Å². The predicted octanol–water partition coefficient (Wildman–Crippen LogP) is 4.64. The lowest BCUT2D eigenvalue weighted by molar-refractivity contribution is -0.129. The van der Waals surface area contributed by atoms with Crippen molar-refractivity contribution in [2.75, 3.05) is 13.1 Å². The SMILES string of the molecule is CCCCCC(=O)N[C@H](C(=O)NCCCCCCN)c1ccc(OCc2ccccc2)cc1. The average Bonchev–Trinajstić information content (AvgIpc) is 2.84. The summed E-state index contributed by atoms with van der Waals surface area (Å²) in [6.07, 6.45) is 7.29. The van der Waals surface area contributed by atoms with Crippen LogP contribution in [0.15, 0.2) is 54.6 Å². The monoisotopic (exact) mass is 453 g/mol. The number of ether oxygens (including phenoxy) is 1. The Morgan fingerprint density at radius 3 is 2.33 bits per heavy atom. The first-order valence-electron chi connectivity index (χ1n) is 12.2. The van der Waals surface area contributed by atoms with Crippen molar-refractivity contribution in [3.05, 3.63) is 65.7 Å². The zero-order valence-electron chi connectivity index (χ0n) is 19.9. The highest BCUT2D eigenvalue weighted by molar-refractivity contribution is 5.88. The Labute approximate surface area is 198 Å². The second-order valence-corrected chi connectivity index (χ2v) is 8.29. The van der Waals surface area contributed by atoms with E-state index in [9.17, 15) is 9.59 Å². The van der Waals surface area contributed by atoms with Crippen LogP contribution in [0.2, 0.25) is 0 Å². The number of benzene rings is 2. The van der Waals surface area contributed by atoms with Gasteiger partial charge in [0.15, 0.2) is 0 Å². The van der Waals surface area contributed by atoms with E-state index < -0.39 is 6.04 Å². The fraction of sp³-hybridized carbons (Fsp3) is 0.481. The van der Waals surface area contributed by atoms with E-state index in [1.165, 1.54) is 0 Å². The molecule has 6 nitrogen and oxygen atoms in total. The molecule has 0 spiro atoms. The van der Waals surface area contributed by atoms with Gasteiger partial charge in [-0.15, -0.1) is 0 Å². The highest BCUT2D eigenvalue weighted by Crippen LogP contribution is 2.20. The summed E-state index contributed by atoms with van der Waals surface area (Å²) in [7, 11) is 0. The van der Waals surface area contributed by atoms with Crippen molar-refractivity contribution < 1.29 is 14.3 Å². The molecule has 1 atom stereocenters. The maximum Gasteiger partial charge on any atom is 0.247 e. The standard InChI is InChI=1S/C27H39N3O3/c1-2-3-7-14-25(31)30-26(27(32)29-20-11-5-4-10-19-28)23-15-17-24(18-16-23)33-21-22-12-8-6-9-13-22/h6,8-9,12-13,15-18,26H,2-5,7,10-11,14,19-21,28H2,1H3,(H,29,32)(H,30,31)/t26-/m0/s1. The molecule has 0 fully saturated rings. The van der Waals surface area contributed by atoms with Gasteiger partial charge in [-0.2, -0.15) is 0 Å². The van der Waals surface area contributed by atoms with Gasteiger partial charge >= 0.3 is 0 Å². The molecular weight excluding hydrogens is 414 g/mol. The van der Waals surface area contributed by atoms with Crippen LogP contribution >= 0.6 is 0 Å². The summed E-state index contributed by atoms with van der Waals surface area (Å²) in [6, 6.07) is 16.6. The van der Waals surface area contributed by atoms with Crippen LogP contribution in [0.5, 0.6) is 5.75 Å². The Balaban J connectivity index is 1.96. The zero-order chi connectivity index (χ0) is 23.7. The summed E-state index contributed by atoms with van der Waals surface area (Å²) in [5, 5.41) is 5.90. The minimum atomic E-state index is -0.716. The van der Waals surface area contributed by atoms with Gasteiger partial charge in [-0.3, -0.25) is 9.59 Å². The van der Waals surface area contributed by atoms with E-state index in [-0.39, 0.29) is 11.8 Å². The van der Waals surface area contributed by atoms with Gasteiger partial charge in [0.1, 0.15) is 18.4 Å². The quantitative estimate of drug-likeness (QED) is 0.323. The van der Waals surface area contributed by atoms with Crippen LogP contribution in [0.1, 0.15) is 75.5 Å². The van der Waals surface area contributed by atoms with Crippen LogP contribution in [0, 0.1) is 0 Å². The molecule has 0 aliphatic rings. The first-order valence-corrected chi connectivity index (χ1v) is 12.2. The molecule has 0 aliphatic carbocycles. The highest BCUT2D eigenvalue weighted by Gasteiger charge is 2.22. The molecule has 0 heterocycles. The lowest BCUT2D eigenvalue weighted by Gasteiger charge is -2.19. The van der Waals surface area contributed by atoms with Gasteiger partial charge in [0.25, 0.3) is 0 Å². The Morgan fingerprint density at radius 2 is 1.64 bits per heavy atom. The third-order valence-electron chi connectivity index (χ3n) is 5.47. The van der Waals surface area contributed by atoms with E-state index in [1.54, 1.807) is 0 Å². The molecular formula is C27H39N3O3. The average molecular weight is 454 g/mol. The van der Waals surface area contributed by atoms with E-state index >= 15 is 0 Å². The minimum absolute atomic E-state index is 0.101. The van der Waals surface area contributed by atoms with Crippen LogP contribution in [0.3, 0.4) is 0 Å². The third kappa shape index (κ3) is 10.5. The summed E-state index contributed by atoms with van der Waals surface area (Å²) in [5.41, 5.74) is 7.36. The summed E-state index contributed by atoms with van der Waals surface area (Å²) in [5.74, 6) is 0.433. The number of carbonyl (C=O) groups is 2. The van der Waals surface area contributed by atoms with Crippen LogP contribution in [0.4, 0.5) is 0 Å². The minimum Gasteiger partial charge on any atom is -0.489 e. The Morgan fingerprint density at radius 1 is 0.909 bits per heavy atom. The highest BCUT2D eigenvalue weighted by atomic mass is 16.5. The summed E-state index contributed by atoms with van der Waals surface area (Å²) in [6.45, 7) is 3.86. The third-order valence-corrected chi connectivity index (χ3v) is 5.47. The summed E-state index contributed by atoms with van der Waals surface area (Å²) >= 11 is 0. The molecule has 0 aromatic heterocycles.